The molecule has 43 valence electrons. The molecule has 4 heteroatoms. The van der Waals surface area contributed by atoms with E-state index in [-0.39, 0.29) is 6.17 Å². The second-order valence-electron chi connectivity index (χ2n) is 1.58. The minimum Gasteiger partial charge on any atom is -0.326 e. The van der Waals surface area contributed by atoms with Crippen molar-refractivity contribution >= 4 is 11.8 Å². The average Bonchev–Trinajstić information content (AvgIpc) is 1.85. The van der Waals surface area contributed by atoms with E-state index in [1.165, 1.54) is 0 Å². The Bertz CT molecular complexity index is 127. The highest BCUT2D eigenvalue weighted by Crippen LogP contribution is 1.87. The maximum Gasteiger partial charge on any atom is 0.332 e. The van der Waals surface area contributed by atoms with Gasteiger partial charge in [0.2, 0.25) is 0 Å². The van der Waals surface area contributed by atoms with Gasteiger partial charge >= 0.3 is 11.8 Å². The number of hydrogen-bond donors (Lipinski definition) is 1. The smallest absolute Gasteiger partial charge is 0.326 e. The Morgan fingerprint density at radius 3 is 2.38 bits per heavy atom. The van der Waals surface area contributed by atoms with Crippen molar-refractivity contribution in [1.29, 1.82) is 0 Å². The fraction of sp³-hybridized carbons (Fsp3) is 0.500. The van der Waals surface area contributed by atoms with Crippen LogP contribution in [0.2, 0.25) is 0 Å². The molecule has 0 aromatic heterocycles. The van der Waals surface area contributed by atoms with Crippen LogP contribution in [-0.4, -0.2) is 18.0 Å². The summed E-state index contributed by atoms with van der Waals surface area (Å²) >= 11 is 0. The van der Waals surface area contributed by atoms with Gasteiger partial charge in [-0.05, 0) is 6.92 Å². The Morgan fingerprint density at radius 2 is 2.25 bits per heavy atom. The maximum absolute atomic E-state index is 10.2. The second-order valence-corrected chi connectivity index (χ2v) is 1.58. The van der Waals surface area contributed by atoms with Crippen molar-refractivity contribution in [2.75, 3.05) is 0 Å². The number of nitrogens with zero attached hydrogens (tertiary/aromatic N) is 1. The molecule has 1 unspecified atom stereocenters. The minimum absolute atomic E-state index is 0.324. The molecule has 1 radical (unpaired) electrons. The summed E-state index contributed by atoms with van der Waals surface area (Å²) in [5, 5.41) is 5.68. The molecule has 0 aromatic carbocycles. The van der Waals surface area contributed by atoms with E-state index in [9.17, 15) is 9.59 Å². The molecule has 2 amide bonds. The Kier molecular flexibility index (Phi) is 0.932. The SMILES string of the molecule is CC1[N]C(=O)C(=O)N1. The summed E-state index contributed by atoms with van der Waals surface area (Å²) in [6.07, 6.45) is -0.324. The van der Waals surface area contributed by atoms with Crippen LogP contribution in [0.15, 0.2) is 0 Å². The molecular weight excluding hydrogens is 108 g/mol. The van der Waals surface area contributed by atoms with Crippen LogP contribution in [0.25, 0.3) is 0 Å². The van der Waals surface area contributed by atoms with Gasteiger partial charge in [-0.3, -0.25) is 9.59 Å². The Morgan fingerprint density at radius 1 is 1.62 bits per heavy atom. The van der Waals surface area contributed by atoms with Crippen molar-refractivity contribution in [3.05, 3.63) is 0 Å². The molecular formula is C4H5N2O2. The molecule has 4 nitrogen and oxygen atoms in total. The molecule has 1 N–H and O–H groups in total. The number of rotatable bonds is 0. The Balaban J connectivity index is 2.64. The van der Waals surface area contributed by atoms with Gasteiger partial charge in [0.25, 0.3) is 0 Å². The lowest BCUT2D eigenvalue weighted by molar-refractivity contribution is -0.136. The van der Waals surface area contributed by atoms with E-state index in [1.54, 1.807) is 6.92 Å². The zero-order valence-corrected chi connectivity index (χ0v) is 4.34. The van der Waals surface area contributed by atoms with Gasteiger partial charge in [-0.15, -0.1) is 0 Å². The zero-order chi connectivity index (χ0) is 6.15. The minimum atomic E-state index is -0.669. The van der Waals surface area contributed by atoms with Crippen molar-refractivity contribution < 1.29 is 9.59 Å². The normalized spacial score (nSPS) is 20.6. The molecule has 1 atom stereocenters. The topological polar surface area (TPSA) is 60.3 Å². The first-order chi connectivity index (χ1) is 3.70. The predicted molar refractivity (Wildman–Crippen MR) is 24.7 cm³/mol. The molecule has 8 heavy (non-hydrogen) atoms. The lowest BCUT2D eigenvalue weighted by Crippen LogP contribution is -2.24. The van der Waals surface area contributed by atoms with Gasteiger partial charge in [0.1, 0.15) is 6.17 Å². The van der Waals surface area contributed by atoms with Crippen molar-refractivity contribution in [2.24, 2.45) is 0 Å². The standard InChI is InChI=1S/C4H5N2O2/c1-2-5-3(7)4(8)6-2/h2H,1H3,(H,5,7). The maximum atomic E-state index is 10.2. The first kappa shape index (κ1) is 5.08. The van der Waals surface area contributed by atoms with Crippen LogP contribution in [0.1, 0.15) is 6.92 Å². The van der Waals surface area contributed by atoms with Gasteiger partial charge in [0.05, 0.1) is 0 Å². The lowest BCUT2D eigenvalue weighted by Gasteiger charge is -1.93. The number of nitrogens with one attached hydrogen (secondary N) is 1. The third kappa shape index (κ3) is 0.641. The molecule has 1 aliphatic heterocycles. The molecule has 0 aromatic rings. The highest BCUT2D eigenvalue weighted by atomic mass is 16.2. The first-order valence-electron chi connectivity index (χ1n) is 2.26. The fourth-order valence-corrected chi connectivity index (χ4v) is 0.518. The lowest BCUT2D eigenvalue weighted by atomic mass is 10.6. The van der Waals surface area contributed by atoms with E-state index in [4.69, 9.17) is 0 Å². The van der Waals surface area contributed by atoms with Crippen LogP contribution >= 0.6 is 0 Å². The fourth-order valence-electron chi connectivity index (χ4n) is 0.518. The van der Waals surface area contributed by atoms with Crippen molar-refractivity contribution in [3.63, 3.8) is 0 Å². The van der Waals surface area contributed by atoms with Gasteiger partial charge in [0.15, 0.2) is 0 Å². The van der Waals surface area contributed by atoms with Crippen LogP contribution in [0.5, 0.6) is 0 Å². The summed E-state index contributed by atoms with van der Waals surface area (Å²) in [6.45, 7) is 1.64. The molecule has 0 aliphatic carbocycles. The van der Waals surface area contributed by atoms with E-state index in [0.717, 1.165) is 0 Å². The molecule has 1 aliphatic rings. The van der Waals surface area contributed by atoms with Gasteiger partial charge < -0.3 is 5.32 Å². The molecule has 0 spiro atoms. The van der Waals surface area contributed by atoms with Crippen LogP contribution in [0.4, 0.5) is 0 Å². The highest BCUT2D eigenvalue weighted by Gasteiger charge is 2.26. The van der Waals surface area contributed by atoms with Crippen molar-refractivity contribution in [3.8, 4) is 0 Å². The summed E-state index contributed by atoms with van der Waals surface area (Å²) in [5.74, 6) is -1.27. The van der Waals surface area contributed by atoms with Gasteiger partial charge in [-0.25, -0.2) is 5.32 Å². The van der Waals surface area contributed by atoms with Gasteiger partial charge in [0, 0.05) is 0 Å². The van der Waals surface area contributed by atoms with Gasteiger partial charge in [-0.2, -0.15) is 0 Å². The third-order valence-corrected chi connectivity index (χ3v) is 0.845. The summed E-state index contributed by atoms with van der Waals surface area (Å²) in [6, 6.07) is 0. The van der Waals surface area contributed by atoms with E-state index in [1.807, 2.05) is 0 Å². The summed E-state index contributed by atoms with van der Waals surface area (Å²) in [5.41, 5.74) is 0. The number of carbonyl (C=O) groups is 2. The first-order valence-corrected chi connectivity index (χ1v) is 2.26. The summed E-state index contributed by atoms with van der Waals surface area (Å²) < 4.78 is 0. The molecule has 1 rings (SSSR count). The van der Waals surface area contributed by atoms with Crippen LogP contribution < -0.4 is 10.6 Å². The van der Waals surface area contributed by atoms with E-state index < -0.39 is 11.8 Å². The highest BCUT2D eigenvalue weighted by molar-refractivity contribution is 6.36. The molecule has 1 heterocycles. The van der Waals surface area contributed by atoms with Gasteiger partial charge in [-0.1, -0.05) is 0 Å². The van der Waals surface area contributed by atoms with Crippen molar-refractivity contribution in [2.45, 2.75) is 13.1 Å². The Hall–Kier alpha value is -1.06. The number of amides is 2. The monoisotopic (exact) mass is 113 g/mol. The quantitative estimate of drug-likeness (QED) is 0.392. The summed E-state index contributed by atoms with van der Waals surface area (Å²) in [7, 11) is 0. The largest absolute Gasteiger partial charge is 0.332 e. The number of carbonyl (C=O) groups excluding carboxylic acids is 2. The van der Waals surface area contributed by atoms with E-state index in [2.05, 4.69) is 10.6 Å². The molecule has 1 fully saturated rings. The van der Waals surface area contributed by atoms with Crippen LogP contribution in [0.3, 0.4) is 0 Å². The average molecular weight is 113 g/mol. The summed E-state index contributed by atoms with van der Waals surface area (Å²) in [4.78, 5) is 20.4. The second kappa shape index (κ2) is 1.47. The van der Waals surface area contributed by atoms with Crippen LogP contribution in [0, 0.1) is 0 Å². The third-order valence-electron chi connectivity index (χ3n) is 0.845. The Labute approximate surface area is 46.3 Å². The van der Waals surface area contributed by atoms with Crippen molar-refractivity contribution in [1.82, 2.24) is 10.6 Å². The molecule has 0 saturated carbocycles. The number of hydrogen-bond acceptors (Lipinski definition) is 2. The predicted octanol–water partition coefficient (Wildman–Crippen LogP) is -1.41. The van der Waals surface area contributed by atoms with Crippen LogP contribution in [-0.2, 0) is 9.59 Å². The van der Waals surface area contributed by atoms with E-state index in [0.29, 0.717) is 0 Å². The molecule has 1 saturated heterocycles. The zero-order valence-electron chi connectivity index (χ0n) is 4.34. The molecule has 0 bridgehead atoms. The van der Waals surface area contributed by atoms with E-state index >= 15 is 0 Å².